The monoisotopic (exact) mass is 215 g/mol. The van der Waals surface area contributed by atoms with Gasteiger partial charge in [0, 0.05) is 12.0 Å². The summed E-state index contributed by atoms with van der Waals surface area (Å²) >= 11 is 0. The minimum atomic E-state index is -0.215. The predicted octanol–water partition coefficient (Wildman–Crippen LogP) is 3.34. The van der Waals surface area contributed by atoms with Crippen LogP contribution in [0.2, 0.25) is 0 Å². The van der Waals surface area contributed by atoms with Crippen molar-refractivity contribution in [1.82, 2.24) is 0 Å². The van der Waals surface area contributed by atoms with E-state index >= 15 is 0 Å². The van der Waals surface area contributed by atoms with Crippen LogP contribution < -0.4 is 0 Å². The van der Waals surface area contributed by atoms with E-state index < -0.39 is 0 Å². The third kappa shape index (κ3) is 2.70. The number of benzene rings is 1. The lowest BCUT2D eigenvalue weighted by atomic mass is 9.92. The Morgan fingerprint density at radius 1 is 1.31 bits per heavy atom. The van der Waals surface area contributed by atoms with E-state index in [1.165, 1.54) is 5.56 Å². The van der Waals surface area contributed by atoms with Crippen molar-refractivity contribution in [1.29, 1.82) is 5.26 Å². The fraction of sp³-hybridized carbons (Fsp3) is 0.429. The van der Waals surface area contributed by atoms with Gasteiger partial charge in [-0.2, -0.15) is 5.26 Å². The third-order valence-corrected chi connectivity index (χ3v) is 2.67. The smallest absolute Gasteiger partial charge is 0.164 e. The van der Waals surface area contributed by atoms with Crippen molar-refractivity contribution in [2.24, 2.45) is 5.92 Å². The molecule has 16 heavy (non-hydrogen) atoms. The van der Waals surface area contributed by atoms with E-state index in [0.717, 1.165) is 16.7 Å². The zero-order chi connectivity index (χ0) is 12.3. The molecule has 0 amide bonds. The maximum absolute atomic E-state index is 12.0. The minimum absolute atomic E-state index is 0.0732. The first-order chi connectivity index (χ1) is 7.45. The number of rotatable bonds is 3. The van der Waals surface area contributed by atoms with E-state index in [1.807, 2.05) is 32.9 Å². The number of Topliss-reactive ketones (excluding diaryl/α,β-unsaturated/α-hetero) is 1. The molecule has 0 N–H and O–H groups in total. The summed E-state index contributed by atoms with van der Waals surface area (Å²) in [5.74, 6) is -0.142. The summed E-state index contributed by atoms with van der Waals surface area (Å²) in [6.45, 7) is 7.69. The molecule has 2 heteroatoms. The highest BCUT2D eigenvalue weighted by Gasteiger charge is 2.15. The fourth-order valence-electron chi connectivity index (χ4n) is 2.05. The Morgan fingerprint density at radius 2 is 1.81 bits per heavy atom. The topological polar surface area (TPSA) is 40.9 Å². The number of hydrogen-bond donors (Lipinski definition) is 0. The van der Waals surface area contributed by atoms with Gasteiger partial charge in [-0.1, -0.05) is 17.7 Å². The van der Waals surface area contributed by atoms with Crippen LogP contribution in [0.4, 0.5) is 0 Å². The molecule has 1 aromatic carbocycles. The first-order valence-electron chi connectivity index (χ1n) is 5.46. The molecule has 1 aromatic rings. The molecule has 0 aliphatic heterocycles. The van der Waals surface area contributed by atoms with Crippen molar-refractivity contribution in [3.8, 4) is 6.07 Å². The molecule has 0 fully saturated rings. The fourth-order valence-corrected chi connectivity index (χ4v) is 2.05. The van der Waals surface area contributed by atoms with E-state index in [4.69, 9.17) is 5.26 Å². The minimum Gasteiger partial charge on any atom is -0.294 e. The number of nitrogens with zero attached hydrogens (tertiary/aromatic N) is 1. The van der Waals surface area contributed by atoms with Gasteiger partial charge in [0.15, 0.2) is 5.78 Å². The second kappa shape index (κ2) is 4.94. The quantitative estimate of drug-likeness (QED) is 0.725. The molecule has 0 spiro atoms. The molecule has 84 valence electrons. The Morgan fingerprint density at radius 3 is 2.25 bits per heavy atom. The van der Waals surface area contributed by atoms with Gasteiger partial charge in [0.25, 0.3) is 0 Å². The molecule has 0 radical (unpaired) electrons. The molecule has 0 saturated carbocycles. The van der Waals surface area contributed by atoms with Crippen molar-refractivity contribution >= 4 is 5.78 Å². The number of carbonyl (C=O) groups excluding carboxylic acids is 1. The molecule has 1 rings (SSSR count). The van der Waals surface area contributed by atoms with E-state index in [2.05, 4.69) is 6.07 Å². The average Bonchev–Trinajstić information content (AvgIpc) is 2.15. The second-order valence-electron chi connectivity index (χ2n) is 4.43. The normalized spacial score (nSPS) is 11.9. The highest BCUT2D eigenvalue weighted by molar-refractivity contribution is 5.99. The van der Waals surface area contributed by atoms with Crippen LogP contribution in [0, 0.1) is 38.0 Å². The number of aryl methyl sites for hydroxylation is 3. The van der Waals surface area contributed by atoms with Crippen molar-refractivity contribution in [2.75, 3.05) is 0 Å². The Balaban J connectivity index is 3.06. The lowest BCUT2D eigenvalue weighted by Crippen LogP contribution is -2.08. The summed E-state index contributed by atoms with van der Waals surface area (Å²) in [6, 6.07) is 6.12. The van der Waals surface area contributed by atoms with Crippen molar-refractivity contribution in [3.63, 3.8) is 0 Å². The van der Waals surface area contributed by atoms with Crippen molar-refractivity contribution in [3.05, 3.63) is 34.4 Å². The molecule has 0 heterocycles. The molecule has 0 aliphatic carbocycles. The van der Waals surface area contributed by atoms with Crippen LogP contribution in [0.5, 0.6) is 0 Å². The van der Waals surface area contributed by atoms with Gasteiger partial charge in [-0.05, 0) is 38.8 Å². The molecule has 0 saturated heterocycles. The van der Waals surface area contributed by atoms with Gasteiger partial charge in [-0.3, -0.25) is 4.79 Å². The summed E-state index contributed by atoms with van der Waals surface area (Å²) in [5.41, 5.74) is 3.97. The van der Waals surface area contributed by atoms with Crippen LogP contribution in [0.3, 0.4) is 0 Å². The van der Waals surface area contributed by atoms with Gasteiger partial charge in [-0.15, -0.1) is 0 Å². The lowest BCUT2D eigenvalue weighted by molar-refractivity contribution is 0.0971. The summed E-state index contributed by atoms with van der Waals surface area (Å²) in [7, 11) is 0. The SMILES string of the molecule is Cc1cc(C)c(C(=O)CC(C)C#N)c(C)c1. The van der Waals surface area contributed by atoms with E-state index in [0.29, 0.717) is 6.42 Å². The lowest BCUT2D eigenvalue weighted by Gasteiger charge is -2.10. The Kier molecular flexibility index (Phi) is 3.84. The maximum atomic E-state index is 12.0. The Labute approximate surface area is 96.9 Å². The standard InChI is InChI=1S/C14H17NO/c1-9-5-11(3)14(12(4)6-9)13(16)7-10(2)8-15/h5-6,10H,7H2,1-4H3. The summed E-state index contributed by atoms with van der Waals surface area (Å²) in [5, 5.41) is 8.71. The van der Waals surface area contributed by atoms with Gasteiger partial charge in [0.1, 0.15) is 0 Å². The zero-order valence-electron chi connectivity index (χ0n) is 10.3. The summed E-state index contributed by atoms with van der Waals surface area (Å²) < 4.78 is 0. The largest absolute Gasteiger partial charge is 0.294 e. The molecular formula is C14H17NO. The van der Waals surface area contributed by atoms with Crippen LogP contribution in [-0.4, -0.2) is 5.78 Å². The van der Waals surface area contributed by atoms with Crippen molar-refractivity contribution < 1.29 is 4.79 Å². The van der Waals surface area contributed by atoms with Gasteiger partial charge >= 0.3 is 0 Å². The van der Waals surface area contributed by atoms with Gasteiger partial charge in [-0.25, -0.2) is 0 Å². The Hall–Kier alpha value is -1.62. The maximum Gasteiger partial charge on any atom is 0.164 e. The molecule has 1 unspecified atom stereocenters. The average molecular weight is 215 g/mol. The van der Waals surface area contributed by atoms with Crippen LogP contribution in [0.1, 0.15) is 40.4 Å². The van der Waals surface area contributed by atoms with E-state index in [9.17, 15) is 4.79 Å². The number of nitriles is 1. The Bertz CT molecular complexity index is 431. The summed E-state index contributed by atoms with van der Waals surface area (Å²) in [4.78, 5) is 12.0. The molecule has 2 nitrogen and oxygen atoms in total. The molecular weight excluding hydrogens is 198 g/mol. The second-order valence-corrected chi connectivity index (χ2v) is 4.43. The molecule has 0 bridgehead atoms. The van der Waals surface area contributed by atoms with Crippen LogP contribution >= 0.6 is 0 Å². The zero-order valence-corrected chi connectivity index (χ0v) is 10.3. The molecule has 1 atom stereocenters. The number of carbonyl (C=O) groups is 1. The summed E-state index contributed by atoms with van der Waals surface area (Å²) in [6.07, 6.45) is 0.307. The van der Waals surface area contributed by atoms with E-state index in [-0.39, 0.29) is 11.7 Å². The van der Waals surface area contributed by atoms with Crippen LogP contribution in [-0.2, 0) is 0 Å². The highest BCUT2D eigenvalue weighted by atomic mass is 16.1. The first kappa shape index (κ1) is 12.4. The van der Waals surface area contributed by atoms with Crippen LogP contribution in [0.15, 0.2) is 12.1 Å². The third-order valence-electron chi connectivity index (χ3n) is 2.67. The predicted molar refractivity (Wildman–Crippen MR) is 64.4 cm³/mol. The number of ketones is 1. The first-order valence-corrected chi connectivity index (χ1v) is 5.46. The van der Waals surface area contributed by atoms with Crippen LogP contribution in [0.25, 0.3) is 0 Å². The van der Waals surface area contributed by atoms with E-state index in [1.54, 1.807) is 6.92 Å². The highest BCUT2D eigenvalue weighted by Crippen LogP contribution is 2.19. The molecule has 0 aromatic heterocycles. The van der Waals surface area contributed by atoms with Crippen molar-refractivity contribution in [2.45, 2.75) is 34.1 Å². The van der Waals surface area contributed by atoms with Gasteiger partial charge < -0.3 is 0 Å². The molecule has 0 aliphatic rings. The number of hydrogen-bond acceptors (Lipinski definition) is 2. The van der Waals surface area contributed by atoms with Gasteiger partial charge in [0.05, 0.1) is 12.0 Å². The van der Waals surface area contributed by atoms with Gasteiger partial charge in [0.2, 0.25) is 0 Å².